The van der Waals surface area contributed by atoms with E-state index in [9.17, 15) is 12.9 Å². The molecule has 0 bridgehead atoms. The summed E-state index contributed by atoms with van der Waals surface area (Å²) in [7, 11) is 0. The normalized spacial score (nSPS) is 11.0. The fourth-order valence-corrected chi connectivity index (χ4v) is 1.06. The molecule has 0 aromatic heterocycles. The smallest absolute Gasteiger partial charge is 0.445 e. The first-order chi connectivity index (χ1) is 5.95. The molecule has 0 spiro atoms. The van der Waals surface area contributed by atoms with E-state index in [1.165, 1.54) is 19.1 Å². The quantitative estimate of drug-likeness (QED) is 0.611. The van der Waals surface area contributed by atoms with Crippen LogP contribution in [-0.4, -0.2) is 6.98 Å². The summed E-state index contributed by atoms with van der Waals surface area (Å²) >= 11 is 0. The van der Waals surface area contributed by atoms with Crippen molar-refractivity contribution in [2.45, 2.75) is 6.92 Å². The Kier molecular flexibility index (Phi) is 2.33. The second-order valence-electron chi connectivity index (χ2n) is 2.76. The molecule has 0 radical (unpaired) electrons. The number of hydrogen-bond acceptors (Lipinski definition) is 1. The SMILES string of the molecule is Cc1ccc(C#N)cc1[B-](F)(F)F. The topological polar surface area (TPSA) is 23.8 Å². The highest BCUT2D eigenvalue weighted by atomic mass is 19.4. The number of aryl methyl sites for hydroxylation is 1. The maximum absolute atomic E-state index is 12.3. The second-order valence-corrected chi connectivity index (χ2v) is 2.76. The van der Waals surface area contributed by atoms with Gasteiger partial charge in [0.25, 0.3) is 0 Å². The molecule has 0 heterocycles. The lowest BCUT2D eigenvalue weighted by Gasteiger charge is -2.17. The molecule has 0 aliphatic heterocycles. The fourth-order valence-electron chi connectivity index (χ4n) is 1.06. The monoisotopic (exact) mass is 184 g/mol. The zero-order chi connectivity index (χ0) is 10.1. The maximum atomic E-state index is 12.3. The van der Waals surface area contributed by atoms with Crippen molar-refractivity contribution in [3.05, 3.63) is 29.3 Å². The van der Waals surface area contributed by atoms with E-state index in [-0.39, 0.29) is 11.1 Å². The number of rotatable bonds is 1. The Balaban J connectivity index is 3.29. The summed E-state index contributed by atoms with van der Waals surface area (Å²) in [6.07, 6.45) is 0. The summed E-state index contributed by atoms with van der Waals surface area (Å²) in [5, 5.41) is 8.41. The van der Waals surface area contributed by atoms with E-state index in [0.29, 0.717) is 0 Å². The zero-order valence-electron chi connectivity index (χ0n) is 6.89. The third kappa shape index (κ3) is 2.02. The highest BCUT2D eigenvalue weighted by Gasteiger charge is 2.27. The first-order valence-electron chi connectivity index (χ1n) is 3.65. The Morgan fingerprint density at radius 1 is 1.31 bits per heavy atom. The van der Waals surface area contributed by atoms with Gasteiger partial charge in [-0.25, -0.2) is 0 Å². The van der Waals surface area contributed by atoms with E-state index >= 15 is 0 Å². The van der Waals surface area contributed by atoms with Gasteiger partial charge in [-0.1, -0.05) is 17.7 Å². The van der Waals surface area contributed by atoms with Gasteiger partial charge in [-0.3, -0.25) is 0 Å². The van der Waals surface area contributed by atoms with E-state index in [1.54, 1.807) is 6.07 Å². The van der Waals surface area contributed by atoms with Gasteiger partial charge in [0.05, 0.1) is 6.07 Å². The molecular formula is C8H6BF3N-. The summed E-state index contributed by atoms with van der Waals surface area (Å²) in [6.45, 7) is -3.63. The molecule has 0 saturated carbocycles. The van der Waals surface area contributed by atoms with Gasteiger partial charge in [-0.15, -0.1) is 5.46 Å². The average molecular weight is 184 g/mol. The molecule has 0 amide bonds. The summed E-state index contributed by atoms with van der Waals surface area (Å²) < 4.78 is 37.0. The van der Waals surface area contributed by atoms with Gasteiger partial charge >= 0.3 is 6.98 Å². The first kappa shape index (κ1) is 9.65. The molecule has 1 nitrogen and oxygen atoms in total. The molecule has 5 heteroatoms. The molecule has 0 saturated heterocycles. The Hall–Kier alpha value is -1.44. The Bertz CT molecular complexity index is 365. The van der Waals surface area contributed by atoms with Crippen LogP contribution in [0.4, 0.5) is 12.9 Å². The number of nitriles is 1. The van der Waals surface area contributed by atoms with E-state index in [1.807, 2.05) is 0 Å². The molecule has 13 heavy (non-hydrogen) atoms. The van der Waals surface area contributed by atoms with Crippen molar-refractivity contribution in [2.75, 3.05) is 0 Å². The first-order valence-corrected chi connectivity index (χ1v) is 3.65. The average Bonchev–Trinajstić information content (AvgIpc) is 2.03. The molecule has 0 unspecified atom stereocenters. The molecular weight excluding hydrogens is 178 g/mol. The summed E-state index contributed by atoms with van der Waals surface area (Å²) in [4.78, 5) is 0. The number of nitrogens with zero attached hydrogens (tertiary/aromatic N) is 1. The highest BCUT2D eigenvalue weighted by molar-refractivity contribution is 6.74. The van der Waals surface area contributed by atoms with Crippen LogP contribution in [0.1, 0.15) is 11.1 Å². The van der Waals surface area contributed by atoms with Crippen LogP contribution >= 0.6 is 0 Å². The van der Waals surface area contributed by atoms with Crippen LogP contribution in [0, 0.1) is 18.3 Å². The lowest BCUT2D eigenvalue weighted by molar-refractivity contribution is 0.500. The van der Waals surface area contributed by atoms with Gasteiger partial charge in [0.1, 0.15) is 0 Å². The van der Waals surface area contributed by atoms with Crippen molar-refractivity contribution in [1.29, 1.82) is 5.26 Å². The second kappa shape index (κ2) is 3.13. The van der Waals surface area contributed by atoms with Gasteiger partial charge in [0.2, 0.25) is 0 Å². The number of benzene rings is 1. The molecule has 1 aromatic rings. The van der Waals surface area contributed by atoms with Gasteiger partial charge in [0, 0.05) is 5.56 Å². The van der Waals surface area contributed by atoms with E-state index in [0.717, 1.165) is 6.07 Å². The summed E-state index contributed by atoms with van der Waals surface area (Å²) in [5.41, 5.74) is -0.481. The Morgan fingerprint density at radius 2 is 1.92 bits per heavy atom. The minimum atomic E-state index is -5.01. The third-order valence-electron chi connectivity index (χ3n) is 1.76. The van der Waals surface area contributed by atoms with Gasteiger partial charge in [-0.05, 0) is 13.0 Å². The Labute approximate surface area is 73.9 Å². The van der Waals surface area contributed by atoms with E-state index < -0.39 is 12.4 Å². The minimum absolute atomic E-state index is 0.0415. The van der Waals surface area contributed by atoms with Crippen LogP contribution in [0.25, 0.3) is 0 Å². The fraction of sp³-hybridized carbons (Fsp3) is 0.125. The maximum Gasteiger partial charge on any atom is 0.509 e. The van der Waals surface area contributed by atoms with Crippen molar-refractivity contribution in [1.82, 2.24) is 0 Å². The predicted molar refractivity (Wildman–Crippen MR) is 44.6 cm³/mol. The van der Waals surface area contributed by atoms with Crippen molar-refractivity contribution < 1.29 is 12.9 Å². The van der Waals surface area contributed by atoms with Crippen LogP contribution in [0.2, 0.25) is 0 Å². The molecule has 1 aromatic carbocycles. The zero-order valence-corrected chi connectivity index (χ0v) is 6.89. The van der Waals surface area contributed by atoms with Crippen LogP contribution in [0.5, 0.6) is 0 Å². The van der Waals surface area contributed by atoms with Crippen molar-refractivity contribution in [3.8, 4) is 6.07 Å². The molecule has 0 fully saturated rings. The number of hydrogen-bond donors (Lipinski definition) is 0. The largest absolute Gasteiger partial charge is 0.509 e. The van der Waals surface area contributed by atoms with Crippen molar-refractivity contribution >= 4 is 12.4 Å². The molecule has 0 aliphatic rings. The van der Waals surface area contributed by atoms with Crippen LogP contribution in [0.15, 0.2) is 18.2 Å². The lowest BCUT2D eigenvalue weighted by Crippen LogP contribution is -2.36. The van der Waals surface area contributed by atoms with Gasteiger partial charge in [-0.2, -0.15) is 5.26 Å². The van der Waals surface area contributed by atoms with Crippen LogP contribution < -0.4 is 5.46 Å². The van der Waals surface area contributed by atoms with Crippen LogP contribution in [0.3, 0.4) is 0 Å². The summed E-state index contributed by atoms with van der Waals surface area (Å²) in [6, 6.07) is 5.25. The third-order valence-corrected chi connectivity index (χ3v) is 1.76. The predicted octanol–water partition coefficient (Wildman–Crippen LogP) is 1.92. The van der Waals surface area contributed by atoms with Gasteiger partial charge in [0.15, 0.2) is 0 Å². The van der Waals surface area contributed by atoms with E-state index in [2.05, 4.69) is 0 Å². The minimum Gasteiger partial charge on any atom is -0.445 e. The molecule has 1 rings (SSSR count). The summed E-state index contributed by atoms with van der Waals surface area (Å²) in [5.74, 6) is 0. The molecule has 0 atom stereocenters. The lowest BCUT2D eigenvalue weighted by atomic mass is 9.76. The molecule has 0 aliphatic carbocycles. The van der Waals surface area contributed by atoms with Crippen LogP contribution in [-0.2, 0) is 0 Å². The Morgan fingerprint density at radius 3 is 2.38 bits per heavy atom. The van der Waals surface area contributed by atoms with E-state index in [4.69, 9.17) is 5.26 Å². The van der Waals surface area contributed by atoms with Crippen molar-refractivity contribution in [3.63, 3.8) is 0 Å². The van der Waals surface area contributed by atoms with Crippen molar-refractivity contribution in [2.24, 2.45) is 0 Å². The standard InChI is InChI=1S/C8H6BF3N/c1-6-2-3-7(5-13)4-8(6)9(10,11)12/h2-4H,1H3/q-1. The molecule has 68 valence electrons. The molecule has 0 N–H and O–H groups in total. The van der Waals surface area contributed by atoms with Gasteiger partial charge < -0.3 is 12.9 Å². The highest BCUT2D eigenvalue weighted by Crippen LogP contribution is 2.12. The number of halogens is 3.